The van der Waals surface area contributed by atoms with E-state index in [0.717, 1.165) is 50.5 Å². The Morgan fingerprint density at radius 2 is 2.00 bits per heavy atom. The maximum atomic E-state index is 11.5. The number of hydrogen-bond donors (Lipinski definition) is 3. The molecule has 1 fully saturated rings. The highest BCUT2D eigenvalue weighted by Crippen LogP contribution is 2.17. The zero-order valence-corrected chi connectivity index (χ0v) is 20.3. The number of piperidine rings is 1. The lowest BCUT2D eigenvalue weighted by Gasteiger charge is -2.34. The van der Waals surface area contributed by atoms with Crippen LogP contribution in [-0.2, 0) is 10.0 Å². The van der Waals surface area contributed by atoms with Gasteiger partial charge < -0.3 is 15.5 Å². The van der Waals surface area contributed by atoms with Crippen molar-refractivity contribution in [1.82, 2.24) is 20.3 Å². The van der Waals surface area contributed by atoms with Gasteiger partial charge in [0.15, 0.2) is 5.96 Å². The molecule has 2 rings (SSSR count). The van der Waals surface area contributed by atoms with Crippen molar-refractivity contribution in [3.8, 4) is 0 Å². The third-order valence-electron chi connectivity index (χ3n) is 4.25. The summed E-state index contributed by atoms with van der Waals surface area (Å²) in [6.45, 7) is 8.64. The van der Waals surface area contributed by atoms with E-state index in [9.17, 15) is 8.42 Å². The molecule has 0 atom stereocenters. The number of rotatable bonds is 7. The maximum Gasteiger partial charge on any atom is 0.209 e. The minimum absolute atomic E-state index is 0. The molecule has 0 bridgehead atoms. The highest BCUT2D eigenvalue weighted by atomic mass is 127. The monoisotopic (exact) mass is 524 g/mol. The van der Waals surface area contributed by atoms with E-state index in [1.807, 2.05) is 45.2 Å². The minimum Gasteiger partial charge on any atom is -0.357 e. The molecule has 2 heterocycles. The topological polar surface area (TPSA) is 98.7 Å². The van der Waals surface area contributed by atoms with Crippen LogP contribution in [0.2, 0.25) is 0 Å². The zero-order valence-electron chi connectivity index (χ0n) is 17.1. The number of sulfonamides is 1. The smallest absolute Gasteiger partial charge is 0.209 e. The quantitative estimate of drug-likeness (QED) is 0.285. The second-order valence-electron chi connectivity index (χ2n) is 7.55. The number of aromatic nitrogens is 1. The first-order valence-corrected chi connectivity index (χ1v) is 11.3. The van der Waals surface area contributed by atoms with Crippen molar-refractivity contribution in [2.75, 3.05) is 37.3 Å². The minimum atomic E-state index is -3.27. The summed E-state index contributed by atoms with van der Waals surface area (Å²) < 4.78 is 25.6. The van der Waals surface area contributed by atoms with Gasteiger partial charge in [-0.1, -0.05) is 6.07 Å². The molecule has 3 N–H and O–H groups in total. The molecule has 8 nitrogen and oxygen atoms in total. The van der Waals surface area contributed by atoms with Crippen LogP contribution in [0.4, 0.5) is 5.82 Å². The summed E-state index contributed by atoms with van der Waals surface area (Å²) >= 11 is 0. The molecule has 0 aromatic carbocycles. The molecule has 1 aromatic heterocycles. The van der Waals surface area contributed by atoms with Crippen LogP contribution in [0.5, 0.6) is 0 Å². The lowest BCUT2D eigenvalue weighted by atomic mass is 10.1. The fraction of sp³-hybridized carbons (Fsp3) is 0.667. The van der Waals surface area contributed by atoms with E-state index in [1.165, 1.54) is 0 Å². The zero-order chi connectivity index (χ0) is 19.9. The Morgan fingerprint density at radius 1 is 1.32 bits per heavy atom. The number of guanidine groups is 1. The van der Waals surface area contributed by atoms with E-state index in [0.29, 0.717) is 12.6 Å². The van der Waals surface area contributed by atoms with Gasteiger partial charge in [-0.05, 0) is 45.7 Å². The number of hydrogen-bond acceptors (Lipinski definition) is 5. The summed E-state index contributed by atoms with van der Waals surface area (Å²) in [5, 5.41) is 6.72. The summed E-state index contributed by atoms with van der Waals surface area (Å²) in [7, 11) is -3.27. The molecule has 1 aliphatic heterocycles. The second-order valence-corrected chi connectivity index (χ2v) is 9.30. The van der Waals surface area contributed by atoms with Crippen LogP contribution in [0.1, 0.15) is 33.6 Å². The molecular formula is C18H33IN6O2S. The fourth-order valence-corrected chi connectivity index (χ4v) is 4.19. The molecule has 160 valence electrons. The van der Waals surface area contributed by atoms with Crippen molar-refractivity contribution in [2.24, 2.45) is 4.99 Å². The normalized spacial score (nSPS) is 16.4. The molecule has 0 spiro atoms. The van der Waals surface area contributed by atoms with Crippen LogP contribution in [0.3, 0.4) is 0 Å². The fourth-order valence-electron chi connectivity index (χ4n) is 3.12. The lowest BCUT2D eigenvalue weighted by Crippen LogP contribution is -2.50. The van der Waals surface area contributed by atoms with E-state index < -0.39 is 15.6 Å². The van der Waals surface area contributed by atoms with Gasteiger partial charge >= 0.3 is 0 Å². The summed E-state index contributed by atoms with van der Waals surface area (Å²) in [6.07, 6.45) is 4.97. The third kappa shape index (κ3) is 8.91. The average Bonchev–Trinajstić information content (AvgIpc) is 2.59. The first-order chi connectivity index (χ1) is 12.7. The Kier molecular flexibility index (Phi) is 9.91. The Balaban J connectivity index is 0.00000392. The molecule has 1 saturated heterocycles. The Labute approximate surface area is 186 Å². The summed E-state index contributed by atoms with van der Waals surface area (Å²) in [6, 6.07) is 6.30. The largest absolute Gasteiger partial charge is 0.357 e. The van der Waals surface area contributed by atoms with Crippen LogP contribution in [0, 0.1) is 0 Å². The number of halogens is 1. The summed E-state index contributed by atoms with van der Waals surface area (Å²) in [5.74, 6) is 1.74. The Morgan fingerprint density at radius 3 is 2.54 bits per heavy atom. The van der Waals surface area contributed by atoms with Gasteiger partial charge in [0.25, 0.3) is 0 Å². The Bertz CT molecular complexity index is 719. The first-order valence-electron chi connectivity index (χ1n) is 9.38. The van der Waals surface area contributed by atoms with Crippen molar-refractivity contribution in [1.29, 1.82) is 0 Å². The summed E-state index contributed by atoms with van der Waals surface area (Å²) in [4.78, 5) is 11.3. The molecular weight excluding hydrogens is 491 g/mol. The molecule has 10 heteroatoms. The van der Waals surface area contributed by atoms with E-state index in [4.69, 9.17) is 0 Å². The van der Waals surface area contributed by atoms with E-state index >= 15 is 0 Å². The second kappa shape index (κ2) is 11.1. The highest BCUT2D eigenvalue weighted by Gasteiger charge is 2.23. The highest BCUT2D eigenvalue weighted by molar-refractivity contribution is 14.0. The van der Waals surface area contributed by atoms with Gasteiger partial charge in [-0.3, -0.25) is 4.99 Å². The molecule has 0 aliphatic carbocycles. The van der Waals surface area contributed by atoms with Crippen LogP contribution in [0.15, 0.2) is 29.4 Å². The van der Waals surface area contributed by atoms with Gasteiger partial charge in [-0.2, -0.15) is 0 Å². The van der Waals surface area contributed by atoms with Crippen molar-refractivity contribution in [2.45, 2.75) is 45.2 Å². The van der Waals surface area contributed by atoms with E-state index in [-0.39, 0.29) is 24.0 Å². The van der Waals surface area contributed by atoms with E-state index in [2.05, 4.69) is 30.2 Å². The number of anilines is 1. The van der Waals surface area contributed by atoms with Crippen LogP contribution < -0.4 is 20.3 Å². The van der Waals surface area contributed by atoms with Crippen molar-refractivity contribution < 1.29 is 8.42 Å². The molecule has 1 aliphatic rings. The van der Waals surface area contributed by atoms with Gasteiger partial charge in [-0.15, -0.1) is 24.0 Å². The van der Waals surface area contributed by atoms with Gasteiger partial charge in [0.1, 0.15) is 5.82 Å². The molecule has 0 unspecified atom stereocenters. The predicted molar refractivity (Wildman–Crippen MR) is 126 cm³/mol. The van der Waals surface area contributed by atoms with Crippen LogP contribution in [0.25, 0.3) is 0 Å². The Hall–Kier alpha value is -1.14. The average molecular weight is 524 g/mol. The summed E-state index contributed by atoms with van der Waals surface area (Å²) in [5.41, 5.74) is -0.641. The number of pyridine rings is 1. The third-order valence-corrected chi connectivity index (χ3v) is 5.17. The number of aliphatic imine (C=N–C) groups is 1. The van der Waals surface area contributed by atoms with Gasteiger partial charge in [-0.25, -0.2) is 18.1 Å². The van der Waals surface area contributed by atoms with Gasteiger partial charge in [0.2, 0.25) is 10.0 Å². The maximum absolute atomic E-state index is 11.5. The van der Waals surface area contributed by atoms with E-state index in [1.54, 1.807) is 0 Å². The SMILES string of the molecule is CCNC(=NCC(C)(C)NS(C)(=O)=O)NC1CCN(c2ccccn2)CC1.I. The molecule has 28 heavy (non-hydrogen) atoms. The van der Waals surface area contributed by atoms with Crippen LogP contribution >= 0.6 is 24.0 Å². The van der Waals surface area contributed by atoms with Crippen molar-refractivity contribution in [3.05, 3.63) is 24.4 Å². The van der Waals surface area contributed by atoms with Gasteiger partial charge in [0, 0.05) is 37.4 Å². The molecule has 0 saturated carbocycles. The van der Waals surface area contributed by atoms with Crippen LogP contribution in [-0.4, -0.2) is 63.4 Å². The molecule has 0 amide bonds. The lowest BCUT2D eigenvalue weighted by molar-refractivity contribution is 0.450. The molecule has 0 radical (unpaired) electrons. The van der Waals surface area contributed by atoms with Gasteiger partial charge in [0.05, 0.1) is 12.8 Å². The molecule has 1 aromatic rings. The number of nitrogens with zero attached hydrogens (tertiary/aromatic N) is 3. The van der Waals surface area contributed by atoms with Crippen molar-refractivity contribution >= 4 is 45.8 Å². The van der Waals surface area contributed by atoms with Crippen molar-refractivity contribution in [3.63, 3.8) is 0 Å². The number of nitrogens with one attached hydrogen (secondary N) is 3. The predicted octanol–water partition coefficient (Wildman–Crippen LogP) is 1.55. The first kappa shape index (κ1) is 24.9. The standard InChI is InChI=1S/C18H32N6O2S.HI/c1-5-19-17(21-14-18(2,3)23-27(4,25)26)22-15-9-12-24(13-10-15)16-8-6-7-11-20-16;/h6-8,11,15,23H,5,9-10,12-14H2,1-4H3,(H2,19,21,22);1H.